The summed E-state index contributed by atoms with van der Waals surface area (Å²) in [5.74, 6) is -3.44. The third-order valence-electron chi connectivity index (χ3n) is 6.83. The number of aldehydes is 1. The monoisotopic (exact) mass is 498 g/mol. The molecule has 0 fully saturated rings. The summed E-state index contributed by atoms with van der Waals surface area (Å²) in [4.78, 5) is 41.3. The molecule has 1 aromatic carbocycles. The number of para-hydroxylation sites is 1. The molecule has 1 aliphatic rings. The molecule has 3 heterocycles. The fraction of sp³-hybridized carbons (Fsp3) is 0.407. The van der Waals surface area contributed by atoms with Crippen molar-refractivity contribution >= 4 is 23.0 Å². The van der Waals surface area contributed by atoms with Crippen molar-refractivity contribution in [1.29, 1.82) is 0 Å². The highest BCUT2D eigenvalue weighted by atomic mass is 19.3. The van der Waals surface area contributed by atoms with Crippen molar-refractivity contribution in [2.24, 2.45) is 0 Å². The molecule has 1 aliphatic heterocycles. The van der Waals surface area contributed by atoms with E-state index in [-0.39, 0.29) is 77.2 Å². The molecule has 1 atom stereocenters. The minimum absolute atomic E-state index is 0.00752. The second-order valence-electron chi connectivity index (χ2n) is 9.23. The van der Waals surface area contributed by atoms with Gasteiger partial charge in [-0.1, -0.05) is 25.1 Å². The van der Waals surface area contributed by atoms with Gasteiger partial charge in [0.05, 0.1) is 30.1 Å². The van der Waals surface area contributed by atoms with E-state index in [0.717, 1.165) is 0 Å². The van der Waals surface area contributed by atoms with Crippen LogP contribution < -0.4 is 5.56 Å². The van der Waals surface area contributed by atoms with Crippen LogP contribution in [-0.4, -0.2) is 33.8 Å². The molecule has 3 aromatic rings. The van der Waals surface area contributed by atoms with Crippen molar-refractivity contribution in [3.05, 3.63) is 62.9 Å². The normalized spacial score (nSPS) is 14.4. The van der Waals surface area contributed by atoms with Gasteiger partial charge >= 0.3 is 0 Å². The first-order valence-electron chi connectivity index (χ1n) is 11.8. The van der Waals surface area contributed by atoms with E-state index in [9.17, 15) is 19.5 Å². The number of alkyl halides is 2. The highest BCUT2D eigenvalue weighted by molar-refractivity contribution is 5.89. The molecule has 190 valence electrons. The highest BCUT2D eigenvalue weighted by Gasteiger charge is 2.41. The number of carbonyl (C=O) groups excluding carboxylic acids is 2. The Morgan fingerprint density at radius 3 is 2.67 bits per heavy atom. The number of fused-ring (bicyclic) bond motifs is 4. The second kappa shape index (κ2) is 9.63. The SMILES string of the molecule is CCC(O)(C=O)c1cc2n(c(=O)c1COC)Cc1c-2nc2ccccc2c1C(F)(F)CCCC(C)=O. The second-order valence-corrected chi connectivity index (χ2v) is 9.23. The van der Waals surface area contributed by atoms with E-state index in [1.807, 2.05) is 0 Å². The number of pyridine rings is 2. The predicted molar refractivity (Wildman–Crippen MR) is 130 cm³/mol. The number of Topliss-reactive ketones (excluding diaryl/α,β-unsaturated/α-hetero) is 1. The Labute approximate surface area is 206 Å². The molecule has 0 aliphatic carbocycles. The maximum Gasteiger partial charge on any atom is 0.274 e. The Bertz CT molecular complexity index is 1420. The molecule has 36 heavy (non-hydrogen) atoms. The van der Waals surface area contributed by atoms with Gasteiger partial charge in [-0.2, -0.15) is 0 Å². The Balaban J connectivity index is 1.99. The smallest absolute Gasteiger partial charge is 0.274 e. The molecule has 0 spiro atoms. The molecule has 0 amide bonds. The summed E-state index contributed by atoms with van der Waals surface area (Å²) < 4.78 is 38.0. The van der Waals surface area contributed by atoms with E-state index in [1.54, 1.807) is 31.2 Å². The number of aromatic nitrogens is 2. The van der Waals surface area contributed by atoms with E-state index in [4.69, 9.17) is 4.74 Å². The molecule has 9 heteroatoms. The van der Waals surface area contributed by atoms with Crippen molar-refractivity contribution in [3.8, 4) is 11.4 Å². The quantitative estimate of drug-likeness (QED) is 0.329. The van der Waals surface area contributed by atoms with Crippen molar-refractivity contribution in [1.82, 2.24) is 9.55 Å². The Kier molecular flexibility index (Phi) is 6.90. The lowest BCUT2D eigenvalue weighted by Gasteiger charge is -2.24. The molecular formula is C27H28F2N2O5. The van der Waals surface area contributed by atoms with Crippen LogP contribution >= 0.6 is 0 Å². The van der Waals surface area contributed by atoms with Crippen LogP contribution in [0.15, 0.2) is 35.1 Å². The number of methoxy groups -OCH3 is 1. The van der Waals surface area contributed by atoms with Gasteiger partial charge in [-0.3, -0.25) is 9.59 Å². The van der Waals surface area contributed by atoms with Gasteiger partial charge in [0, 0.05) is 47.6 Å². The first-order valence-corrected chi connectivity index (χ1v) is 11.8. The van der Waals surface area contributed by atoms with Gasteiger partial charge in [-0.05, 0) is 31.9 Å². The van der Waals surface area contributed by atoms with Gasteiger partial charge in [0.15, 0.2) is 6.29 Å². The number of nitrogens with zero attached hydrogens (tertiary/aromatic N) is 2. The number of ketones is 1. The van der Waals surface area contributed by atoms with Crippen LogP contribution in [0, 0.1) is 0 Å². The molecule has 0 saturated carbocycles. The lowest BCUT2D eigenvalue weighted by atomic mass is 9.88. The molecule has 1 N–H and O–H groups in total. The molecule has 4 rings (SSSR count). The van der Waals surface area contributed by atoms with Crippen molar-refractivity contribution in [2.75, 3.05) is 7.11 Å². The van der Waals surface area contributed by atoms with Crippen LogP contribution in [0.25, 0.3) is 22.3 Å². The zero-order valence-electron chi connectivity index (χ0n) is 20.4. The zero-order chi connectivity index (χ0) is 26.3. The largest absolute Gasteiger partial charge is 0.380 e. The summed E-state index contributed by atoms with van der Waals surface area (Å²) in [6.45, 7) is 2.67. The van der Waals surface area contributed by atoms with E-state index < -0.39 is 23.5 Å². The fourth-order valence-corrected chi connectivity index (χ4v) is 4.93. The lowest BCUT2D eigenvalue weighted by Crippen LogP contribution is -2.34. The number of hydrogen-bond acceptors (Lipinski definition) is 6. The Morgan fingerprint density at radius 2 is 2.03 bits per heavy atom. The van der Waals surface area contributed by atoms with E-state index in [0.29, 0.717) is 11.8 Å². The lowest BCUT2D eigenvalue weighted by molar-refractivity contribution is -0.125. The molecule has 2 aromatic heterocycles. The summed E-state index contributed by atoms with van der Waals surface area (Å²) in [6, 6.07) is 8.03. The zero-order valence-corrected chi connectivity index (χ0v) is 20.4. The first kappa shape index (κ1) is 25.8. The number of ether oxygens (including phenoxy) is 1. The maximum absolute atomic E-state index is 15.8. The highest BCUT2D eigenvalue weighted by Crippen LogP contribution is 2.45. The van der Waals surface area contributed by atoms with Gasteiger partial charge in [-0.15, -0.1) is 0 Å². The van der Waals surface area contributed by atoms with Crippen LogP contribution in [0.2, 0.25) is 0 Å². The van der Waals surface area contributed by atoms with Crippen LogP contribution in [-0.2, 0) is 39.0 Å². The predicted octanol–water partition coefficient (Wildman–Crippen LogP) is 4.22. The third kappa shape index (κ3) is 4.26. The fourth-order valence-electron chi connectivity index (χ4n) is 4.93. The van der Waals surface area contributed by atoms with Gasteiger partial charge in [-0.25, -0.2) is 13.8 Å². The topological polar surface area (TPSA) is 98.5 Å². The first-order chi connectivity index (χ1) is 17.1. The van der Waals surface area contributed by atoms with E-state index >= 15 is 8.78 Å². The minimum Gasteiger partial charge on any atom is -0.380 e. The number of carbonyl (C=O) groups is 2. The van der Waals surface area contributed by atoms with Crippen molar-refractivity contribution < 1.29 is 28.2 Å². The summed E-state index contributed by atoms with van der Waals surface area (Å²) in [6.07, 6.45) is -0.0831. The van der Waals surface area contributed by atoms with Crippen LogP contribution in [0.3, 0.4) is 0 Å². The third-order valence-corrected chi connectivity index (χ3v) is 6.83. The summed E-state index contributed by atoms with van der Waals surface area (Å²) >= 11 is 0. The van der Waals surface area contributed by atoms with Crippen LogP contribution in [0.4, 0.5) is 8.78 Å². The number of rotatable bonds is 10. The molecule has 1 unspecified atom stereocenters. The van der Waals surface area contributed by atoms with Crippen molar-refractivity contribution in [3.63, 3.8) is 0 Å². The average Bonchev–Trinajstić information content (AvgIpc) is 3.21. The number of halogens is 2. The number of aliphatic hydroxyl groups is 1. The average molecular weight is 499 g/mol. The van der Waals surface area contributed by atoms with Gasteiger partial charge in [0.2, 0.25) is 0 Å². The molecule has 0 saturated heterocycles. The van der Waals surface area contributed by atoms with E-state index in [1.165, 1.54) is 24.7 Å². The summed E-state index contributed by atoms with van der Waals surface area (Å²) in [5.41, 5.74) is -1.52. The standard InChI is InChI=1S/C27H28F2N2O5/c1-4-26(35,15-32)20-12-22-24-18(13-31(22)25(34)19(20)14-36-3)23(17-9-5-6-10-21(17)30-24)27(28,29)11-7-8-16(2)33/h5-6,9-10,12,15,35H,4,7-8,11,13-14H2,1-3H3. The van der Waals surface area contributed by atoms with Gasteiger partial charge in [0.25, 0.3) is 11.5 Å². The molecule has 0 bridgehead atoms. The summed E-state index contributed by atoms with van der Waals surface area (Å²) in [7, 11) is 1.38. The van der Waals surface area contributed by atoms with Gasteiger partial charge in [0.1, 0.15) is 11.4 Å². The Hall–Kier alpha value is -3.30. The van der Waals surface area contributed by atoms with Crippen molar-refractivity contribution in [2.45, 2.75) is 64.2 Å². The molecular weight excluding hydrogens is 470 g/mol. The molecule has 7 nitrogen and oxygen atoms in total. The minimum atomic E-state index is -3.28. The van der Waals surface area contributed by atoms with Crippen LogP contribution in [0.5, 0.6) is 0 Å². The summed E-state index contributed by atoms with van der Waals surface area (Å²) in [5, 5.41) is 11.2. The van der Waals surface area contributed by atoms with E-state index in [2.05, 4.69) is 4.98 Å². The maximum atomic E-state index is 15.8. The number of benzene rings is 1. The molecule has 0 radical (unpaired) electrons. The Morgan fingerprint density at radius 1 is 1.31 bits per heavy atom. The number of hydrogen-bond donors (Lipinski definition) is 1. The van der Waals surface area contributed by atoms with Crippen LogP contribution in [0.1, 0.15) is 61.8 Å². The van der Waals surface area contributed by atoms with Gasteiger partial charge < -0.3 is 19.2 Å².